The first-order valence-electron chi connectivity index (χ1n) is 5.07. The molecule has 2 rings (SSSR count). The number of pyridine rings is 1. The molecule has 7 heteroatoms. The molecule has 2 heterocycles. The van der Waals surface area contributed by atoms with E-state index in [0.29, 0.717) is 5.65 Å². The molecular weight excluding hydrogens is 230 g/mol. The maximum Gasteiger partial charge on any atom is 0.287 e. The molecule has 2 aromatic rings. The van der Waals surface area contributed by atoms with E-state index in [9.17, 15) is 8.78 Å². The van der Waals surface area contributed by atoms with Gasteiger partial charge in [0.1, 0.15) is 6.61 Å². The Morgan fingerprint density at radius 3 is 2.88 bits per heavy atom. The number of halogens is 2. The average molecular weight is 242 g/mol. The Bertz CT molecular complexity index is 526. The lowest BCUT2D eigenvalue weighted by Crippen LogP contribution is -2.31. The molecular formula is C10H12F2N4O. The van der Waals surface area contributed by atoms with Gasteiger partial charge in [0.25, 0.3) is 5.92 Å². The molecule has 0 aromatic carbocycles. The molecule has 0 spiro atoms. The summed E-state index contributed by atoms with van der Waals surface area (Å²) in [7, 11) is 0. The van der Waals surface area contributed by atoms with E-state index in [4.69, 9.17) is 5.11 Å². The van der Waals surface area contributed by atoms with Gasteiger partial charge in [0.15, 0.2) is 5.65 Å². The summed E-state index contributed by atoms with van der Waals surface area (Å²) in [5.74, 6) is -3.06. The molecule has 0 aliphatic carbocycles. The van der Waals surface area contributed by atoms with Gasteiger partial charge in [-0.2, -0.15) is 4.98 Å². The molecule has 0 unspecified atom stereocenters. The maximum absolute atomic E-state index is 12.8. The second-order valence-corrected chi connectivity index (χ2v) is 3.74. The van der Waals surface area contributed by atoms with Crippen LogP contribution in [0.2, 0.25) is 0 Å². The molecule has 17 heavy (non-hydrogen) atoms. The lowest BCUT2D eigenvalue weighted by Gasteiger charge is -2.12. The molecule has 0 atom stereocenters. The van der Waals surface area contributed by atoms with Gasteiger partial charge >= 0.3 is 0 Å². The molecule has 0 fully saturated rings. The van der Waals surface area contributed by atoms with Crippen molar-refractivity contribution in [2.24, 2.45) is 0 Å². The summed E-state index contributed by atoms with van der Waals surface area (Å²) in [6, 6.07) is 5.38. The minimum absolute atomic E-state index is 0.118. The number of hydrogen-bond acceptors (Lipinski definition) is 4. The molecule has 2 N–H and O–H groups in total. The van der Waals surface area contributed by atoms with Crippen molar-refractivity contribution in [2.45, 2.75) is 12.8 Å². The van der Waals surface area contributed by atoms with Crippen LogP contribution in [-0.2, 0) is 0 Å². The second-order valence-electron chi connectivity index (χ2n) is 3.74. The summed E-state index contributed by atoms with van der Waals surface area (Å²) in [6.07, 6.45) is 0. The summed E-state index contributed by atoms with van der Waals surface area (Å²) in [6.45, 7) is -0.0559. The molecule has 2 aromatic heterocycles. The Hall–Kier alpha value is -1.76. The Labute approximate surface area is 96.1 Å². The molecule has 0 aliphatic rings. The third-order valence-corrected chi connectivity index (χ3v) is 2.29. The van der Waals surface area contributed by atoms with Crippen molar-refractivity contribution < 1.29 is 13.9 Å². The SMILES string of the molecule is Cc1cccc2nc(NCC(F)(F)CO)nn12. The van der Waals surface area contributed by atoms with E-state index in [1.165, 1.54) is 0 Å². The van der Waals surface area contributed by atoms with E-state index in [1.807, 2.05) is 19.1 Å². The highest BCUT2D eigenvalue weighted by molar-refractivity contribution is 5.44. The van der Waals surface area contributed by atoms with Crippen LogP contribution in [-0.4, -0.2) is 38.8 Å². The van der Waals surface area contributed by atoms with Crippen molar-refractivity contribution in [1.29, 1.82) is 0 Å². The lowest BCUT2D eigenvalue weighted by atomic mass is 10.3. The number of nitrogens with zero attached hydrogens (tertiary/aromatic N) is 3. The Balaban J connectivity index is 2.18. The van der Waals surface area contributed by atoms with Crippen LogP contribution in [0, 0.1) is 6.92 Å². The van der Waals surface area contributed by atoms with Gasteiger partial charge in [0.2, 0.25) is 5.95 Å². The standard InChI is InChI=1S/C10H12F2N4O/c1-7-3-2-4-8-14-9(15-16(7)8)13-5-10(11,12)6-17/h2-4,17H,5-6H2,1H3,(H,13,15). The number of alkyl halides is 2. The van der Waals surface area contributed by atoms with E-state index in [-0.39, 0.29) is 5.95 Å². The lowest BCUT2D eigenvalue weighted by molar-refractivity contribution is -0.0374. The molecule has 0 radical (unpaired) electrons. The highest BCUT2D eigenvalue weighted by atomic mass is 19.3. The first kappa shape index (κ1) is 11.7. The number of rotatable bonds is 4. The van der Waals surface area contributed by atoms with Gasteiger partial charge in [-0.3, -0.25) is 0 Å². The fourth-order valence-corrected chi connectivity index (χ4v) is 1.37. The number of aliphatic hydroxyl groups excluding tert-OH is 1. The molecule has 0 saturated heterocycles. The summed E-state index contributed by atoms with van der Waals surface area (Å²) in [5.41, 5.74) is 1.44. The number of fused-ring (bicyclic) bond motifs is 1. The smallest absolute Gasteiger partial charge is 0.287 e. The van der Waals surface area contributed by atoms with Gasteiger partial charge in [0.05, 0.1) is 6.54 Å². The summed E-state index contributed by atoms with van der Waals surface area (Å²) < 4.78 is 27.2. The normalized spacial score (nSPS) is 12.0. The maximum atomic E-state index is 12.8. The molecule has 0 amide bonds. The van der Waals surface area contributed by atoms with Gasteiger partial charge in [-0.05, 0) is 19.1 Å². The zero-order chi connectivity index (χ0) is 12.5. The summed E-state index contributed by atoms with van der Waals surface area (Å²) in [5, 5.41) is 14.8. The first-order valence-corrected chi connectivity index (χ1v) is 5.07. The molecule has 0 bridgehead atoms. The Kier molecular flexibility index (Phi) is 2.93. The van der Waals surface area contributed by atoms with Crippen LogP contribution >= 0.6 is 0 Å². The van der Waals surface area contributed by atoms with Crippen LogP contribution in [0.1, 0.15) is 5.69 Å². The number of nitrogens with one attached hydrogen (secondary N) is 1. The number of anilines is 1. The predicted octanol–water partition coefficient (Wildman–Crippen LogP) is 1.08. The highest BCUT2D eigenvalue weighted by Crippen LogP contribution is 2.13. The van der Waals surface area contributed by atoms with Gasteiger partial charge in [-0.1, -0.05) is 6.07 Å². The van der Waals surface area contributed by atoms with Crippen molar-refractivity contribution >= 4 is 11.6 Å². The first-order chi connectivity index (χ1) is 8.02. The molecule has 5 nitrogen and oxygen atoms in total. The van der Waals surface area contributed by atoms with E-state index < -0.39 is 19.1 Å². The third kappa shape index (κ3) is 2.50. The van der Waals surface area contributed by atoms with E-state index in [2.05, 4.69) is 15.4 Å². The van der Waals surface area contributed by atoms with Gasteiger partial charge in [-0.25, -0.2) is 13.3 Å². The Morgan fingerprint density at radius 1 is 1.47 bits per heavy atom. The van der Waals surface area contributed by atoms with E-state index in [1.54, 1.807) is 10.6 Å². The van der Waals surface area contributed by atoms with Crippen LogP contribution in [0.25, 0.3) is 5.65 Å². The van der Waals surface area contributed by atoms with Crippen LogP contribution < -0.4 is 5.32 Å². The van der Waals surface area contributed by atoms with Crippen molar-refractivity contribution in [3.8, 4) is 0 Å². The predicted molar refractivity (Wildman–Crippen MR) is 58.2 cm³/mol. The van der Waals surface area contributed by atoms with Crippen molar-refractivity contribution in [2.75, 3.05) is 18.5 Å². The fourth-order valence-electron chi connectivity index (χ4n) is 1.37. The zero-order valence-electron chi connectivity index (χ0n) is 9.19. The minimum atomic E-state index is -3.17. The number of hydrogen-bond donors (Lipinski definition) is 2. The van der Waals surface area contributed by atoms with Crippen molar-refractivity contribution in [3.05, 3.63) is 23.9 Å². The summed E-state index contributed by atoms with van der Waals surface area (Å²) >= 11 is 0. The van der Waals surface area contributed by atoms with E-state index >= 15 is 0 Å². The number of aliphatic hydroxyl groups is 1. The summed E-state index contributed by atoms with van der Waals surface area (Å²) in [4.78, 5) is 4.04. The Morgan fingerprint density at radius 2 is 2.24 bits per heavy atom. The fraction of sp³-hybridized carbons (Fsp3) is 0.400. The zero-order valence-corrected chi connectivity index (χ0v) is 9.19. The quantitative estimate of drug-likeness (QED) is 0.842. The van der Waals surface area contributed by atoms with Gasteiger partial charge in [0, 0.05) is 5.69 Å². The topological polar surface area (TPSA) is 62.5 Å². The molecule has 0 aliphatic heterocycles. The van der Waals surface area contributed by atoms with Crippen LogP contribution in [0.5, 0.6) is 0 Å². The van der Waals surface area contributed by atoms with Crippen molar-refractivity contribution in [3.63, 3.8) is 0 Å². The van der Waals surface area contributed by atoms with Gasteiger partial charge in [-0.15, -0.1) is 5.10 Å². The average Bonchev–Trinajstić information content (AvgIpc) is 2.71. The highest BCUT2D eigenvalue weighted by Gasteiger charge is 2.27. The third-order valence-electron chi connectivity index (χ3n) is 2.29. The minimum Gasteiger partial charge on any atom is -0.390 e. The monoisotopic (exact) mass is 242 g/mol. The molecule has 0 saturated carbocycles. The van der Waals surface area contributed by atoms with E-state index in [0.717, 1.165) is 5.69 Å². The largest absolute Gasteiger partial charge is 0.390 e. The van der Waals surface area contributed by atoms with Crippen LogP contribution in [0.3, 0.4) is 0 Å². The van der Waals surface area contributed by atoms with Crippen LogP contribution in [0.4, 0.5) is 14.7 Å². The van der Waals surface area contributed by atoms with Crippen molar-refractivity contribution in [1.82, 2.24) is 14.6 Å². The van der Waals surface area contributed by atoms with Crippen LogP contribution in [0.15, 0.2) is 18.2 Å². The molecule has 92 valence electrons. The number of aryl methyl sites for hydroxylation is 1. The number of aromatic nitrogens is 3. The van der Waals surface area contributed by atoms with Gasteiger partial charge < -0.3 is 10.4 Å². The second kappa shape index (κ2) is 4.25.